The number of ether oxygens (including phenoxy) is 2. The Hall–Kier alpha value is -3.15. The molecule has 3 amide bonds. The number of likely N-dealkylation sites (N-methyl/N-ethyl adjacent to an activating group) is 1. The zero-order valence-electron chi connectivity index (χ0n) is 28.6. The van der Waals surface area contributed by atoms with Gasteiger partial charge < -0.3 is 39.5 Å². The number of amides is 3. The molecule has 0 radical (unpaired) electrons. The molecular weight excluding hydrogens is 586 g/mol. The van der Waals surface area contributed by atoms with Crippen LogP contribution >= 0.6 is 0 Å². The minimum atomic E-state index is -0.483. The van der Waals surface area contributed by atoms with Crippen molar-refractivity contribution in [2.24, 2.45) is 11.8 Å². The third-order valence-corrected chi connectivity index (χ3v) is 9.37. The third kappa shape index (κ3) is 9.92. The molecule has 1 fully saturated rings. The molecule has 4 atom stereocenters. The highest BCUT2D eigenvalue weighted by molar-refractivity contribution is 6.03. The molecule has 0 spiro atoms. The summed E-state index contributed by atoms with van der Waals surface area (Å²) >= 11 is 0. The number of aliphatic hydroxyl groups excluding tert-OH is 1. The van der Waals surface area contributed by atoms with Gasteiger partial charge in [0.1, 0.15) is 17.1 Å². The molecule has 2 aromatic rings. The van der Waals surface area contributed by atoms with Gasteiger partial charge in [-0.15, -0.1) is 0 Å². The van der Waals surface area contributed by atoms with E-state index < -0.39 is 12.1 Å². The molecule has 0 saturated heterocycles. The Kier molecular flexibility index (Phi) is 13.3. The van der Waals surface area contributed by atoms with Crippen molar-refractivity contribution >= 4 is 23.3 Å². The summed E-state index contributed by atoms with van der Waals surface area (Å²) in [7, 11) is 2.18. The second-order valence-corrected chi connectivity index (χ2v) is 13.5. The highest BCUT2D eigenvalue weighted by Crippen LogP contribution is 2.29. The van der Waals surface area contributed by atoms with Crippen molar-refractivity contribution in [1.29, 1.82) is 0 Å². The van der Waals surface area contributed by atoms with Crippen LogP contribution in [0, 0.1) is 25.7 Å². The smallest absolute Gasteiger partial charge is 0.323 e. The molecule has 2 heterocycles. The second kappa shape index (κ2) is 17.1. The molecule has 2 aliphatic rings. The predicted molar refractivity (Wildman–Crippen MR) is 180 cm³/mol. The van der Waals surface area contributed by atoms with Crippen molar-refractivity contribution in [3.05, 3.63) is 35.2 Å². The number of hydrogen-bond donors (Lipinski definition) is 3. The molecule has 11 nitrogen and oxygen atoms in total. The number of carbonyl (C=O) groups is 2. The maximum Gasteiger partial charge on any atom is 0.323 e. The van der Waals surface area contributed by atoms with E-state index in [1.807, 2.05) is 13.8 Å². The maximum absolute atomic E-state index is 14.4. The Morgan fingerprint density at radius 1 is 1.09 bits per heavy atom. The van der Waals surface area contributed by atoms with Gasteiger partial charge in [0, 0.05) is 37.8 Å². The normalized spacial score (nSPS) is 22.9. The van der Waals surface area contributed by atoms with Crippen molar-refractivity contribution in [1.82, 2.24) is 15.0 Å². The van der Waals surface area contributed by atoms with Crippen LogP contribution in [0.4, 0.5) is 16.2 Å². The summed E-state index contributed by atoms with van der Waals surface area (Å²) < 4.78 is 18.0. The molecule has 11 heteroatoms. The van der Waals surface area contributed by atoms with Gasteiger partial charge >= 0.3 is 6.03 Å². The fourth-order valence-corrected chi connectivity index (χ4v) is 6.59. The quantitative estimate of drug-likeness (QED) is 0.309. The van der Waals surface area contributed by atoms with Crippen molar-refractivity contribution in [2.45, 2.75) is 104 Å². The summed E-state index contributed by atoms with van der Waals surface area (Å²) in [4.78, 5) is 31.4. The fourth-order valence-electron chi connectivity index (χ4n) is 6.59. The van der Waals surface area contributed by atoms with Gasteiger partial charge in [-0.25, -0.2) is 4.79 Å². The van der Waals surface area contributed by atoms with E-state index in [0.29, 0.717) is 47.3 Å². The van der Waals surface area contributed by atoms with Gasteiger partial charge in [-0.05, 0) is 91.0 Å². The minimum absolute atomic E-state index is 0.0140. The number of nitrogens with one attached hydrogen (secondary N) is 2. The average Bonchev–Trinajstić information content (AvgIpc) is 3.34. The lowest BCUT2D eigenvalue weighted by atomic mass is 9.89. The SMILES string of the molecule is Cc1noc(C)c1NC(=O)Nc1ccc2c(c1)C(=O)N([C@H](C)CO)C[C@@H](C)[C@H](CN(C)CC1CCCCC1)OCCCC[C@@H](C)O2. The Labute approximate surface area is 274 Å². The van der Waals surface area contributed by atoms with Crippen molar-refractivity contribution in [3.8, 4) is 5.75 Å². The van der Waals surface area contributed by atoms with E-state index >= 15 is 0 Å². The highest BCUT2D eigenvalue weighted by atomic mass is 16.5. The summed E-state index contributed by atoms with van der Waals surface area (Å²) in [6, 6.07) is 4.19. The topological polar surface area (TPSA) is 129 Å². The molecule has 256 valence electrons. The number of aromatic nitrogens is 1. The number of hydrogen-bond acceptors (Lipinski definition) is 8. The van der Waals surface area contributed by atoms with Gasteiger partial charge in [-0.2, -0.15) is 0 Å². The Balaban J connectivity index is 1.57. The lowest BCUT2D eigenvalue weighted by Gasteiger charge is -2.36. The van der Waals surface area contributed by atoms with Gasteiger partial charge in [0.05, 0.1) is 30.4 Å². The number of anilines is 2. The van der Waals surface area contributed by atoms with E-state index in [2.05, 4.69) is 34.7 Å². The Morgan fingerprint density at radius 3 is 2.52 bits per heavy atom. The number of rotatable bonds is 8. The predicted octanol–water partition coefficient (Wildman–Crippen LogP) is 6.24. The van der Waals surface area contributed by atoms with Gasteiger partial charge in [0.2, 0.25) is 0 Å². The summed E-state index contributed by atoms with van der Waals surface area (Å²) in [5.41, 5.74) is 1.84. The Morgan fingerprint density at radius 2 is 1.83 bits per heavy atom. The summed E-state index contributed by atoms with van der Waals surface area (Å²) in [6.07, 6.45) is 9.05. The molecule has 46 heavy (non-hydrogen) atoms. The summed E-state index contributed by atoms with van der Waals surface area (Å²) in [5, 5.41) is 19.7. The largest absolute Gasteiger partial charge is 0.490 e. The van der Waals surface area contributed by atoms with Crippen LogP contribution in [0.2, 0.25) is 0 Å². The Bertz CT molecular complexity index is 1260. The molecule has 4 rings (SSSR count). The molecule has 0 bridgehead atoms. The molecular formula is C35H55N5O6. The molecule has 0 unspecified atom stereocenters. The average molecular weight is 642 g/mol. The number of carbonyl (C=O) groups excluding carboxylic acids is 2. The molecule has 1 aliphatic heterocycles. The van der Waals surface area contributed by atoms with Crippen LogP contribution in [0.3, 0.4) is 0 Å². The van der Waals surface area contributed by atoms with Crippen molar-refractivity contribution in [2.75, 3.05) is 50.5 Å². The lowest BCUT2D eigenvalue weighted by molar-refractivity contribution is -0.0190. The monoisotopic (exact) mass is 641 g/mol. The van der Waals surface area contributed by atoms with E-state index in [4.69, 9.17) is 14.0 Å². The van der Waals surface area contributed by atoms with E-state index in [0.717, 1.165) is 38.3 Å². The van der Waals surface area contributed by atoms with Gasteiger partial charge in [-0.3, -0.25) is 4.79 Å². The van der Waals surface area contributed by atoms with Crippen molar-refractivity contribution in [3.63, 3.8) is 0 Å². The fraction of sp³-hybridized carbons (Fsp3) is 0.686. The van der Waals surface area contributed by atoms with E-state index in [1.165, 1.54) is 32.1 Å². The number of aryl methyl sites for hydroxylation is 2. The molecule has 1 aromatic carbocycles. The number of aliphatic hydroxyl groups is 1. The number of nitrogens with zero attached hydrogens (tertiary/aromatic N) is 3. The minimum Gasteiger partial charge on any atom is -0.490 e. The standard InChI is InChI=1S/C35H55N5O6/c1-23-19-40(24(2)22-41)34(42)30-18-29(36-35(43)37-33-26(4)38-46-27(33)5)15-16-31(30)45-25(3)12-10-11-17-44-32(23)21-39(6)20-28-13-8-7-9-14-28/h15-16,18,23-25,28,32,41H,7-14,17,19-22H2,1-6H3,(H2,36,37,43)/t23-,24-,25-,32+/m1/s1. The zero-order chi connectivity index (χ0) is 33.2. The van der Waals surface area contributed by atoms with Crippen LogP contribution in [0.5, 0.6) is 5.75 Å². The first-order valence-corrected chi connectivity index (χ1v) is 17.1. The number of fused-ring (bicyclic) bond motifs is 1. The van der Waals surface area contributed by atoms with Crippen LogP contribution in [0.1, 0.15) is 93.9 Å². The summed E-state index contributed by atoms with van der Waals surface area (Å²) in [5.74, 6) is 1.43. The summed E-state index contributed by atoms with van der Waals surface area (Å²) in [6.45, 7) is 12.2. The van der Waals surface area contributed by atoms with Crippen LogP contribution in [0.25, 0.3) is 0 Å². The second-order valence-electron chi connectivity index (χ2n) is 13.5. The first-order chi connectivity index (χ1) is 22.0. The van der Waals surface area contributed by atoms with Crippen LogP contribution in [-0.4, -0.2) is 90.1 Å². The van der Waals surface area contributed by atoms with Gasteiger partial charge in [-0.1, -0.05) is 31.3 Å². The van der Waals surface area contributed by atoms with Crippen LogP contribution < -0.4 is 15.4 Å². The molecule has 1 saturated carbocycles. The van der Waals surface area contributed by atoms with E-state index in [9.17, 15) is 14.7 Å². The molecule has 1 aliphatic carbocycles. The number of urea groups is 1. The first kappa shape index (κ1) is 35.7. The van der Waals surface area contributed by atoms with Crippen LogP contribution in [-0.2, 0) is 4.74 Å². The van der Waals surface area contributed by atoms with Crippen molar-refractivity contribution < 1.29 is 28.7 Å². The highest BCUT2D eigenvalue weighted by Gasteiger charge is 2.31. The van der Waals surface area contributed by atoms with Gasteiger partial charge in [0.25, 0.3) is 5.91 Å². The zero-order valence-corrected chi connectivity index (χ0v) is 28.6. The first-order valence-electron chi connectivity index (χ1n) is 17.1. The molecule has 1 aromatic heterocycles. The number of benzene rings is 1. The maximum atomic E-state index is 14.4. The molecule has 3 N–H and O–H groups in total. The van der Waals surface area contributed by atoms with E-state index in [-0.39, 0.29) is 30.6 Å². The van der Waals surface area contributed by atoms with Crippen LogP contribution in [0.15, 0.2) is 22.7 Å². The lowest BCUT2D eigenvalue weighted by Crippen LogP contribution is -2.47. The van der Waals surface area contributed by atoms with E-state index in [1.54, 1.807) is 36.9 Å². The third-order valence-electron chi connectivity index (χ3n) is 9.37. The van der Waals surface area contributed by atoms with Gasteiger partial charge in [0.15, 0.2) is 5.76 Å².